The Hall–Kier alpha value is -1.90. The van der Waals surface area contributed by atoms with Crippen LogP contribution in [0.15, 0.2) is 73.3 Å². The molecule has 0 fully saturated rings. The summed E-state index contributed by atoms with van der Waals surface area (Å²) in [6.45, 7) is 3.86. The van der Waals surface area contributed by atoms with Gasteiger partial charge in [-0.1, -0.05) is 66.7 Å². The van der Waals surface area contributed by atoms with Gasteiger partial charge in [0.2, 0.25) is 0 Å². The molecular weight excluding hydrogens is 220 g/mol. The number of nitrogens with two attached hydrogens (primary N) is 1. The van der Waals surface area contributed by atoms with Crippen molar-refractivity contribution in [3.05, 3.63) is 84.4 Å². The maximum absolute atomic E-state index is 5.64. The van der Waals surface area contributed by atoms with Crippen LogP contribution in [0.1, 0.15) is 17.0 Å². The standard InChI is InChI=1S/C16H18N2/c1-2-15(18-17)16(13-9-5-3-6-10-13)14-11-7-4-8-12-14/h2-12,15-16,18H,1,17H2. The minimum atomic E-state index is 0.00907. The quantitative estimate of drug-likeness (QED) is 0.477. The van der Waals surface area contributed by atoms with Crippen LogP contribution in [-0.2, 0) is 0 Å². The minimum Gasteiger partial charge on any atom is -0.271 e. The van der Waals surface area contributed by atoms with Gasteiger partial charge in [0.05, 0.1) is 0 Å². The molecule has 0 saturated carbocycles. The zero-order chi connectivity index (χ0) is 12.8. The molecule has 1 atom stereocenters. The Balaban J connectivity index is 2.44. The summed E-state index contributed by atoms with van der Waals surface area (Å²) >= 11 is 0. The maximum atomic E-state index is 5.64. The Morgan fingerprint density at radius 3 is 1.67 bits per heavy atom. The largest absolute Gasteiger partial charge is 0.271 e. The van der Waals surface area contributed by atoms with Gasteiger partial charge in [-0.15, -0.1) is 6.58 Å². The Bertz CT molecular complexity index is 439. The lowest BCUT2D eigenvalue weighted by atomic mass is 9.85. The summed E-state index contributed by atoms with van der Waals surface area (Å²) in [7, 11) is 0. The Morgan fingerprint density at radius 2 is 1.33 bits per heavy atom. The molecule has 0 aliphatic heterocycles. The zero-order valence-electron chi connectivity index (χ0n) is 10.3. The normalized spacial score (nSPS) is 12.3. The predicted molar refractivity (Wildman–Crippen MR) is 76.0 cm³/mol. The van der Waals surface area contributed by atoms with Gasteiger partial charge in [-0.05, 0) is 11.1 Å². The van der Waals surface area contributed by atoms with Crippen molar-refractivity contribution < 1.29 is 0 Å². The van der Waals surface area contributed by atoms with Crippen molar-refractivity contribution in [2.45, 2.75) is 12.0 Å². The van der Waals surface area contributed by atoms with Gasteiger partial charge >= 0.3 is 0 Å². The molecule has 0 aliphatic rings. The molecule has 92 valence electrons. The predicted octanol–water partition coefficient (Wildman–Crippen LogP) is 2.84. The summed E-state index contributed by atoms with van der Waals surface area (Å²) in [6, 6.07) is 20.7. The smallest absolute Gasteiger partial charge is 0.0497 e. The first-order valence-corrected chi connectivity index (χ1v) is 6.05. The van der Waals surface area contributed by atoms with E-state index in [9.17, 15) is 0 Å². The molecule has 2 nitrogen and oxygen atoms in total. The molecule has 0 saturated heterocycles. The van der Waals surface area contributed by atoms with E-state index in [1.807, 2.05) is 42.5 Å². The summed E-state index contributed by atoms with van der Waals surface area (Å²) in [5.41, 5.74) is 5.29. The zero-order valence-corrected chi connectivity index (χ0v) is 10.3. The third kappa shape index (κ3) is 2.67. The Morgan fingerprint density at radius 1 is 0.889 bits per heavy atom. The first-order chi connectivity index (χ1) is 8.86. The second-order valence-electron chi connectivity index (χ2n) is 4.23. The van der Waals surface area contributed by atoms with Crippen LogP contribution >= 0.6 is 0 Å². The van der Waals surface area contributed by atoms with Crippen molar-refractivity contribution in [3.63, 3.8) is 0 Å². The number of hydrogen-bond acceptors (Lipinski definition) is 2. The van der Waals surface area contributed by atoms with Crippen LogP contribution in [0, 0.1) is 0 Å². The lowest BCUT2D eigenvalue weighted by Crippen LogP contribution is -2.38. The topological polar surface area (TPSA) is 38.0 Å². The Labute approximate surface area is 108 Å². The van der Waals surface area contributed by atoms with Gasteiger partial charge in [0.25, 0.3) is 0 Å². The third-order valence-electron chi connectivity index (χ3n) is 3.12. The average molecular weight is 238 g/mol. The van der Waals surface area contributed by atoms with Crippen molar-refractivity contribution in [2.24, 2.45) is 5.84 Å². The summed E-state index contributed by atoms with van der Waals surface area (Å²) in [4.78, 5) is 0. The van der Waals surface area contributed by atoms with Crippen molar-refractivity contribution in [3.8, 4) is 0 Å². The number of benzene rings is 2. The molecule has 18 heavy (non-hydrogen) atoms. The SMILES string of the molecule is C=CC(NN)C(c1ccccc1)c1ccccc1. The van der Waals surface area contributed by atoms with E-state index in [1.165, 1.54) is 11.1 Å². The highest BCUT2D eigenvalue weighted by molar-refractivity contribution is 5.35. The molecule has 0 bridgehead atoms. The van der Waals surface area contributed by atoms with Crippen molar-refractivity contribution in [2.75, 3.05) is 0 Å². The molecule has 0 aromatic heterocycles. The molecule has 2 aromatic carbocycles. The van der Waals surface area contributed by atoms with E-state index in [1.54, 1.807) is 0 Å². The van der Waals surface area contributed by atoms with E-state index in [0.717, 1.165) is 0 Å². The average Bonchev–Trinajstić information content (AvgIpc) is 2.46. The molecule has 2 rings (SSSR count). The van der Waals surface area contributed by atoms with Gasteiger partial charge in [-0.2, -0.15) is 0 Å². The van der Waals surface area contributed by atoms with E-state index >= 15 is 0 Å². The van der Waals surface area contributed by atoms with Crippen LogP contribution in [0.4, 0.5) is 0 Å². The maximum Gasteiger partial charge on any atom is 0.0497 e. The first kappa shape index (κ1) is 12.6. The van der Waals surface area contributed by atoms with Gasteiger partial charge in [0.15, 0.2) is 0 Å². The van der Waals surface area contributed by atoms with Crippen LogP contribution in [0.3, 0.4) is 0 Å². The van der Waals surface area contributed by atoms with Gasteiger partial charge in [0, 0.05) is 12.0 Å². The monoisotopic (exact) mass is 238 g/mol. The van der Waals surface area contributed by atoms with E-state index < -0.39 is 0 Å². The second-order valence-corrected chi connectivity index (χ2v) is 4.23. The van der Waals surface area contributed by atoms with E-state index in [-0.39, 0.29) is 12.0 Å². The lowest BCUT2D eigenvalue weighted by Gasteiger charge is -2.25. The fourth-order valence-corrected chi connectivity index (χ4v) is 2.23. The molecule has 0 spiro atoms. The third-order valence-corrected chi connectivity index (χ3v) is 3.12. The molecule has 0 radical (unpaired) electrons. The number of rotatable bonds is 5. The molecular formula is C16H18N2. The van der Waals surface area contributed by atoms with Crippen LogP contribution < -0.4 is 11.3 Å². The highest BCUT2D eigenvalue weighted by Gasteiger charge is 2.21. The lowest BCUT2D eigenvalue weighted by molar-refractivity contribution is 0.561. The molecule has 3 N–H and O–H groups in total. The van der Waals surface area contributed by atoms with Crippen LogP contribution in [0.2, 0.25) is 0 Å². The van der Waals surface area contributed by atoms with Gasteiger partial charge in [-0.25, -0.2) is 0 Å². The highest BCUT2D eigenvalue weighted by atomic mass is 15.2. The van der Waals surface area contributed by atoms with Gasteiger partial charge in [0.1, 0.15) is 0 Å². The van der Waals surface area contributed by atoms with Crippen molar-refractivity contribution >= 4 is 0 Å². The van der Waals surface area contributed by atoms with Crippen molar-refractivity contribution in [1.29, 1.82) is 0 Å². The van der Waals surface area contributed by atoms with E-state index in [4.69, 9.17) is 5.84 Å². The highest BCUT2D eigenvalue weighted by Crippen LogP contribution is 2.28. The molecule has 2 aromatic rings. The summed E-state index contributed by atoms with van der Waals surface area (Å²) in [5.74, 6) is 5.81. The fraction of sp³-hybridized carbons (Fsp3) is 0.125. The second kappa shape index (κ2) is 6.15. The number of hydrogen-bond donors (Lipinski definition) is 2. The minimum absolute atomic E-state index is 0.00907. The Kier molecular flexibility index (Phi) is 4.29. The van der Waals surface area contributed by atoms with Crippen LogP contribution in [-0.4, -0.2) is 6.04 Å². The van der Waals surface area contributed by atoms with E-state index in [2.05, 4.69) is 36.3 Å². The fourth-order valence-electron chi connectivity index (χ4n) is 2.23. The molecule has 0 amide bonds. The van der Waals surface area contributed by atoms with Gasteiger partial charge < -0.3 is 0 Å². The summed E-state index contributed by atoms with van der Waals surface area (Å²) < 4.78 is 0. The molecule has 1 unspecified atom stereocenters. The molecule has 2 heteroatoms. The van der Waals surface area contributed by atoms with E-state index in [0.29, 0.717) is 0 Å². The van der Waals surface area contributed by atoms with Crippen molar-refractivity contribution in [1.82, 2.24) is 5.43 Å². The molecule has 0 aliphatic carbocycles. The first-order valence-electron chi connectivity index (χ1n) is 6.05. The van der Waals surface area contributed by atoms with Crippen LogP contribution in [0.25, 0.3) is 0 Å². The summed E-state index contributed by atoms with van der Waals surface area (Å²) in [5, 5.41) is 0. The van der Waals surface area contributed by atoms with Gasteiger partial charge in [-0.3, -0.25) is 11.3 Å². The molecule has 0 heterocycles. The van der Waals surface area contributed by atoms with Crippen LogP contribution in [0.5, 0.6) is 0 Å². The summed E-state index contributed by atoms with van der Waals surface area (Å²) in [6.07, 6.45) is 1.85. The number of hydrazine groups is 1. The number of nitrogens with one attached hydrogen (secondary N) is 1.